The molecule has 0 aliphatic carbocycles. The van der Waals surface area contributed by atoms with Gasteiger partial charge in [0.05, 0.1) is 0 Å². The van der Waals surface area contributed by atoms with Crippen molar-refractivity contribution in [2.24, 2.45) is 0 Å². The summed E-state index contributed by atoms with van der Waals surface area (Å²) in [6.07, 6.45) is 0. The number of benzene rings is 4. The quantitative estimate of drug-likeness (QED) is 0.435. The van der Waals surface area contributed by atoms with Gasteiger partial charge in [0.15, 0.2) is 0 Å². The number of phenolic OH excluding ortho intramolecular Hbond substituents is 1. The number of aromatic hydroxyl groups is 1. The molecule has 0 unspecified atom stereocenters. The first-order valence-electron chi connectivity index (χ1n) is 9.30. The second-order valence-electron chi connectivity index (χ2n) is 5.95. The lowest BCUT2D eigenvalue weighted by Crippen LogP contribution is -1.96. The summed E-state index contributed by atoms with van der Waals surface area (Å²) in [5.74, 6) is 1.04. The van der Waals surface area contributed by atoms with Crippen molar-refractivity contribution in [2.45, 2.75) is 20.5 Å². The first-order valence-corrected chi connectivity index (χ1v) is 9.30. The van der Waals surface area contributed by atoms with Gasteiger partial charge in [-0.25, -0.2) is 0 Å². The standard InChI is InChI=1S/C23H18O2.C2H6/c24-21-13-7-12-20-22(25-16-17-8-3-1-4-9-17)15-14-19(23(20)21)18-10-5-2-6-11-18;1-2/h1-15,24H,16H2;1-2H3. The summed E-state index contributed by atoms with van der Waals surface area (Å²) in [6, 6.07) is 29.7. The van der Waals surface area contributed by atoms with Crippen LogP contribution in [0, 0.1) is 0 Å². The maximum absolute atomic E-state index is 10.5. The molecule has 0 fully saturated rings. The molecule has 2 heteroatoms. The zero-order valence-electron chi connectivity index (χ0n) is 15.7. The zero-order valence-corrected chi connectivity index (χ0v) is 15.7. The molecule has 0 spiro atoms. The minimum atomic E-state index is 0.265. The van der Waals surface area contributed by atoms with Crippen molar-refractivity contribution in [3.63, 3.8) is 0 Å². The highest BCUT2D eigenvalue weighted by atomic mass is 16.5. The fraction of sp³-hybridized carbons (Fsp3) is 0.120. The van der Waals surface area contributed by atoms with E-state index in [9.17, 15) is 5.11 Å². The number of hydrogen-bond donors (Lipinski definition) is 1. The molecule has 0 bridgehead atoms. The molecule has 0 saturated heterocycles. The lowest BCUT2D eigenvalue weighted by molar-refractivity contribution is 0.310. The number of fused-ring (bicyclic) bond motifs is 1. The summed E-state index contributed by atoms with van der Waals surface area (Å²) >= 11 is 0. The number of phenols is 1. The second kappa shape index (κ2) is 8.91. The minimum absolute atomic E-state index is 0.265. The van der Waals surface area contributed by atoms with E-state index >= 15 is 0 Å². The Bertz CT molecular complexity index is 993. The predicted octanol–water partition coefficient (Wildman–Crippen LogP) is 6.82. The van der Waals surface area contributed by atoms with Crippen LogP contribution in [0.2, 0.25) is 0 Å². The van der Waals surface area contributed by atoms with Crippen LogP contribution in [-0.2, 0) is 6.61 Å². The van der Waals surface area contributed by atoms with Crippen LogP contribution >= 0.6 is 0 Å². The van der Waals surface area contributed by atoms with E-state index in [-0.39, 0.29) is 5.75 Å². The Kier molecular flexibility index (Phi) is 6.11. The van der Waals surface area contributed by atoms with E-state index in [1.165, 1.54) is 0 Å². The topological polar surface area (TPSA) is 29.5 Å². The van der Waals surface area contributed by atoms with Crippen LogP contribution in [0.25, 0.3) is 21.9 Å². The van der Waals surface area contributed by atoms with E-state index in [1.807, 2.05) is 98.8 Å². The van der Waals surface area contributed by atoms with Gasteiger partial charge in [0.2, 0.25) is 0 Å². The molecule has 136 valence electrons. The molecule has 4 aromatic carbocycles. The lowest BCUT2D eigenvalue weighted by atomic mass is 9.97. The summed E-state index contributed by atoms with van der Waals surface area (Å²) in [7, 11) is 0. The first-order chi connectivity index (χ1) is 13.3. The smallest absolute Gasteiger partial charge is 0.127 e. The van der Waals surface area contributed by atoms with Crippen molar-refractivity contribution in [1.29, 1.82) is 0 Å². The van der Waals surface area contributed by atoms with Gasteiger partial charge in [0, 0.05) is 10.8 Å². The third kappa shape index (κ3) is 4.12. The summed E-state index contributed by atoms with van der Waals surface area (Å²) in [5.41, 5.74) is 3.19. The predicted molar refractivity (Wildman–Crippen MR) is 113 cm³/mol. The molecule has 0 heterocycles. The average Bonchev–Trinajstić information content (AvgIpc) is 2.75. The largest absolute Gasteiger partial charge is 0.507 e. The van der Waals surface area contributed by atoms with Gasteiger partial charge in [-0.1, -0.05) is 86.6 Å². The molecule has 0 aliphatic heterocycles. The Hall–Kier alpha value is -3.26. The van der Waals surface area contributed by atoms with Crippen molar-refractivity contribution < 1.29 is 9.84 Å². The van der Waals surface area contributed by atoms with Crippen LogP contribution in [0.1, 0.15) is 19.4 Å². The lowest BCUT2D eigenvalue weighted by Gasteiger charge is -2.14. The third-order valence-corrected chi connectivity index (χ3v) is 4.30. The SMILES string of the molecule is CC.Oc1cccc2c(OCc3ccccc3)ccc(-c3ccccc3)c12. The Morgan fingerprint density at radius 2 is 1.37 bits per heavy atom. The number of hydrogen-bond acceptors (Lipinski definition) is 2. The van der Waals surface area contributed by atoms with Gasteiger partial charge >= 0.3 is 0 Å². The van der Waals surface area contributed by atoms with Crippen LogP contribution in [0.15, 0.2) is 91.0 Å². The van der Waals surface area contributed by atoms with E-state index in [4.69, 9.17) is 4.74 Å². The second-order valence-corrected chi connectivity index (χ2v) is 5.95. The average molecular weight is 356 g/mol. The molecule has 0 radical (unpaired) electrons. The van der Waals surface area contributed by atoms with Gasteiger partial charge in [-0.2, -0.15) is 0 Å². The number of ether oxygens (including phenoxy) is 1. The normalized spacial score (nSPS) is 10.1. The zero-order chi connectivity index (χ0) is 19.1. The highest BCUT2D eigenvalue weighted by molar-refractivity contribution is 6.03. The van der Waals surface area contributed by atoms with E-state index in [0.717, 1.165) is 33.2 Å². The van der Waals surface area contributed by atoms with E-state index in [0.29, 0.717) is 6.61 Å². The molecule has 1 N–H and O–H groups in total. The highest BCUT2D eigenvalue weighted by Gasteiger charge is 2.12. The van der Waals surface area contributed by atoms with Gasteiger partial charge in [0.25, 0.3) is 0 Å². The van der Waals surface area contributed by atoms with Crippen molar-refractivity contribution >= 4 is 10.8 Å². The minimum Gasteiger partial charge on any atom is -0.507 e. The Morgan fingerprint density at radius 1 is 0.704 bits per heavy atom. The molecule has 4 rings (SSSR count). The van der Waals surface area contributed by atoms with Crippen LogP contribution in [0.3, 0.4) is 0 Å². The highest BCUT2D eigenvalue weighted by Crippen LogP contribution is 2.39. The van der Waals surface area contributed by atoms with Crippen molar-refractivity contribution in [3.8, 4) is 22.6 Å². The summed E-state index contributed by atoms with van der Waals surface area (Å²) < 4.78 is 6.04. The molecular weight excluding hydrogens is 332 g/mol. The van der Waals surface area contributed by atoms with Crippen molar-refractivity contribution in [2.75, 3.05) is 0 Å². The van der Waals surface area contributed by atoms with Gasteiger partial charge in [0.1, 0.15) is 18.1 Å². The van der Waals surface area contributed by atoms with Gasteiger partial charge in [-0.3, -0.25) is 0 Å². The van der Waals surface area contributed by atoms with E-state index in [1.54, 1.807) is 6.07 Å². The van der Waals surface area contributed by atoms with Crippen LogP contribution in [0.5, 0.6) is 11.5 Å². The van der Waals surface area contributed by atoms with E-state index < -0.39 is 0 Å². The third-order valence-electron chi connectivity index (χ3n) is 4.30. The molecule has 0 saturated carbocycles. The molecule has 0 amide bonds. The molecule has 4 aromatic rings. The summed E-state index contributed by atoms with van der Waals surface area (Å²) in [4.78, 5) is 0. The molecular formula is C25H24O2. The Balaban J connectivity index is 0.00000102. The monoisotopic (exact) mass is 356 g/mol. The van der Waals surface area contributed by atoms with Crippen LogP contribution < -0.4 is 4.74 Å². The molecule has 0 aromatic heterocycles. The van der Waals surface area contributed by atoms with Crippen molar-refractivity contribution in [3.05, 3.63) is 96.6 Å². The Labute approximate surface area is 160 Å². The molecule has 2 nitrogen and oxygen atoms in total. The van der Waals surface area contributed by atoms with E-state index in [2.05, 4.69) is 0 Å². The summed E-state index contributed by atoms with van der Waals surface area (Å²) in [5, 5.41) is 12.2. The molecule has 0 atom stereocenters. The van der Waals surface area contributed by atoms with Crippen LogP contribution in [-0.4, -0.2) is 5.11 Å². The summed E-state index contributed by atoms with van der Waals surface area (Å²) in [6.45, 7) is 4.50. The van der Waals surface area contributed by atoms with Crippen molar-refractivity contribution in [1.82, 2.24) is 0 Å². The Morgan fingerprint density at radius 3 is 2.07 bits per heavy atom. The van der Waals surface area contributed by atoms with Gasteiger partial charge < -0.3 is 9.84 Å². The maximum atomic E-state index is 10.5. The molecule has 0 aliphatic rings. The van der Waals surface area contributed by atoms with Crippen LogP contribution in [0.4, 0.5) is 0 Å². The van der Waals surface area contributed by atoms with Gasteiger partial charge in [-0.15, -0.1) is 0 Å². The van der Waals surface area contributed by atoms with Gasteiger partial charge in [-0.05, 0) is 34.9 Å². The fourth-order valence-electron chi connectivity index (χ4n) is 3.08. The number of rotatable bonds is 4. The molecule has 27 heavy (non-hydrogen) atoms. The fourth-order valence-corrected chi connectivity index (χ4v) is 3.08. The first kappa shape index (κ1) is 18.5. The maximum Gasteiger partial charge on any atom is 0.127 e.